The fourth-order valence-electron chi connectivity index (χ4n) is 1.83. The van der Waals surface area contributed by atoms with Crippen LogP contribution in [0, 0.1) is 12.8 Å². The van der Waals surface area contributed by atoms with E-state index in [1.54, 1.807) is 32.1 Å². The van der Waals surface area contributed by atoms with Crippen LogP contribution in [0.3, 0.4) is 0 Å². The molecule has 4 nitrogen and oxygen atoms in total. The van der Waals surface area contributed by atoms with E-state index < -0.39 is 18.4 Å². The summed E-state index contributed by atoms with van der Waals surface area (Å²) in [5.74, 6) is 0.0821. The van der Waals surface area contributed by atoms with Crippen molar-refractivity contribution in [3.05, 3.63) is 40.6 Å². The Bertz CT molecular complexity index is 568. The van der Waals surface area contributed by atoms with E-state index in [0.29, 0.717) is 4.90 Å². The Morgan fingerprint density at radius 2 is 1.68 bits per heavy atom. The van der Waals surface area contributed by atoms with E-state index in [2.05, 4.69) is 0 Å². The molecule has 0 fully saturated rings. The van der Waals surface area contributed by atoms with Crippen molar-refractivity contribution in [1.82, 2.24) is 0 Å². The van der Waals surface area contributed by atoms with Crippen LogP contribution in [0.1, 0.15) is 33.3 Å². The third-order valence-corrected chi connectivity index (χ3v) is 7.04. The number of rotatable bonds is 8. The zero-order valence-electron chi connectivity index (χ0n) is 13.9. The van der Waals surface area contributed by atoms with Crippen LogP contribution in [-0.2, 0) is 24.4 Å². The van der Waals surface area contributed by atoms with Crippen LogP contribution >= 0.6 is 7.60 Å². The standard InChI is InChI=1S/C16H25O4PS/c1-6-19-21(17,20-7-2)16(12-13(3)4)22(18)15-10-8-14(5)9-11-15/h8-13H,6-7H2,1-5H3/b16-12+. The Morgan fingerprint density at radius 3 is 2.09 bits per heavy atom. The molecule has 0 N–H and O–H groups in total. The second kappa shape index (κ2) is 8.78. The maximum absolute atomic E-state index is 13.0. The normalized spacial score (nSPS) is 14.4. The molecular weight excluding hydrogens is 319 g/mol. The van der Waals surface area contributed by atoms with E-state index in [4.69, 9.17) is 9.05 Å². The molecule has 0 saturated heterocycles. The van der Waals surface area contributed by atoms with Crippen molar-refractivity contribution in [3.63, 3.8) is 0 Å². The molecule has 22 heavy (non-hydrogen) atoms. The van der Waals surface area contributed by atoms with E-state index in [-0.39, 0.29) is 23.8 Å². The number of hydrogen-bond acceptors (Lipinski definition) is 4. The van der Waals surface area contributed by atoms with Crippen molar-refractivity contribution in [3.8, 4) is 0 Å². The van der Waals surface area contributed by atoms with Gasteiger partial charge in [0.05, 0.1) is 24.0 Å². The molecule has 1 aromatic carbocycles. The van der Waals surface area contributed by atoms with Gasteiger partial charge in [0.15, 0.2) is 0 Å². The van der Waals surface area contributed by atoms with Gasteiger partial charge in [-0.05, 0) is 38.8 Å². The highest BCUT2D eigenvalue weighted by Gasteiger charge is 2.34. The highest BCUT2D eigenvalue weighted by atomic mass is 32.2. The molecule has 6 heteroatoms. The molecular formula is C16H25O4PS. The fraction of sp³-hybridized carbons (Fsp3) is 0.500. The lowest BCUT2D eigenvalue weighted by molar-refractivity contribution is 0.228. The highest BCUT2D eigenvalue weighted by molar-refractivity contribution is 7.98. The Hall–Kier alpha value is -0.740. The molecule has 0 radical (unpaired) electrons. The van der Waals surface area contributed by atoms with Crippen molar-refractivity contribution in [2.45, 2.75) is 39.5 Å². The first kappa shape index (κ1) is 19.3. The Labute approximate surface area is 135 Å². The first-order chi connectivity index (χ1) is 10.3. The lowest BCUT2D eigenvalue weighted by Gasteiger charge is -2.20. The minimum absolute atomic E-state index is 0.0821. The van der Waals surface area contributed by atoms with E-state index in [1.165, 1.54) is 0 Å². The predicted octanol–water partition coefficient (Wildman–Crippen LogP) is 4.87. The fourth-order valence-corrected chi connectivity index (χ4v) is 5.78. The molecule has 1 aromatic rings. The van der Waals surface area contributed by atoms with Gasteiger partial charge in [0.2, 0.25) is 0 Å². The third-order valence-electron chi connectivity index (χ3n) is 2.77. The first-order valence-corrected chi connectivity index (χ1v) is 10.1. The molecule has 1 unspecified atom stereocenters. The Morgan fingerprint density at radius 1 is 1.18 bits per heavy atom. The van der Waals surface area contributed by atoms with Crippen molar-refractivity contribution in [1.29, 1.82) is 0 Å². The maximum Gasteiger partial charge on any atom is 0.370 e. The second-order valence-corrected chi connectivity index (χ2v) is 8.91. The quantitative estimate of drug-likeness (QED) is 0.632. The average Bonchev–Trinajstić information content (AvgIpc) is 2.45. The molecule has 0 aliphatic carbocycles. The van der Waals surface area contributed by atoms with E-state index in [1.807, 2.05) is 32.9 Å². The van der Waals surface area contributed by atoms with Gasteiger partial charge in [-0.1, -0.05) is 37.6 Å². The van der Waals surface area contributed by atoms with Crippen molar-refractivity contribution >= 4 is 18.4 Å². The summed E-state index contributed by atoms with van der Waals surface area (Å²) in [5, 5.41) is 0. The Kier molecular flexibility index (Phi) is 7.70. The smallest absolute Gasteiger partial charge is 0.305 e. The molecule has 1 atom stereocenters. The van der Waals surface area contributed by atoms with E-state index in [0.717, 1.165) is 5.56 Å². The molecule has 0 saturated carbocycles. The van der Waals surface area contributed by atoms with Gasteiger partial charge in [0.25, 0.3) is 0 Å². The second-order valence-electron chi connectivity index (χ2n) is 5.16. The largest absolute Gasteiger partial charge is 0.370 e. The summed E-state index contributed by atoms with van der Waals surface area (Å²) >= 11 is 0. The summed E-state index contributed by atoms with van der Waals surface area (Å²) < 4.78 is 36.9. The molecule has 0 amide bonds. The molecule has 0 aromatic heterocycles. The summed E-state index contributed by atoms with van der Waals surface area (Å²) in [7, 11) is -5.13. The average molecular weight is 344 g/mol. The maximum atomic E-state index is 13.0. The summed E-state index contributed by atoms with van der Waals surface area (Å²) in [6, 6.07) is 7.32. The molecule has 0 aliphatic rings. The molecule has 0 aliphatic heterocycles. The summed E-state index contributed by atoms with van der Waals surface area (Å²) in [6.45, 7) is 9.79. The van der Waals surface area contributed by atoms with Crippen LogP contribution in [0.15, 0.2) is 39.9 Å². The predicted molar refractivity (Wildman–Crippen MR) is 91.4 cm³/mol. The topological polar surface area (TPSA) is 52.6 Å². The monoisotopic (exact) mass is 344 g/mol. The summed E-state index contributed by atoms with van der Waals surface area (Å²) in [4.78, 5) is 0.595. The summed E-state index contributed by atoms with van der Waals surface area (Å²) in [6.07, 6.45) is 1.72. The third kappa shape index (κ3) is 5.17. The number of aryl methyl sites for hydroxylation is 1. The minimum atomic E-state index is -3.56. The Balaban J connectivity index is 3.30. The lowest BCUT2D eigenvalue weighted by Crippen LogP contribution is -2.05. The molecule has 0 heterocycles. The SMILES string of the molecule is CCOP(=O)(OCC)/C(=C\C(C)C)S(=O)c1ccc(C)cc1. The van der Waals surface area contributed by atoms with Gasteiger partial charge in [-0.25, -0.2) is 4.21 Å². The highest BCUT2D eigenvalue weighted by Crippen LogP contribution is 2.58. The van der Waals surface area contributed by atoms with Crippen molar-refractivity contribution in [2.24, 2.45) is 5.92 Å². The van der Waals surface area contributed by atoms with Crippen LogP contribution in [0.2, 0.25) is 0 Å². The first-order valence-electron chi connectivity index (χ1n) is 7.44. The van der Waals surface area contributed by atoms with Gasteiger partial charge in [-0.3, -0.25) is 4.57 Å². The molecule has 0 spiro atoms. The van der Waals surface area contributed by atoms with Gasteiger partial charge >= 0.3 is 7.60 Å². The number of benzene rings is 1. The van der Waals surface area contributed by atoms with Gasteiger partial charge in [0.1, 0.15) is 4.65 Å². The van der Waals surface area contributed by atoms with Gasteiger partial charge < -0.3 is 9.05 Å². The van der Waals surface area contributed by atoms with Crippen LogP contribution in [-0.4, -0.2) is 17.4 Å². The minimum Gasteiger partial charge on any atom is -0.305 e. The lowest BCUT2D eigenvalue weighted by atomic mass is 10.2. The van der Waals surface area contributed by atoms with Gasteiger partial charge in [-0.2, -0.15) is 0 Å². The molecule has 124 valence electrons. The van der Waals surface area contributed by atoms with Crippen molar-refractivity contribution in [2.75, 3.05) is 13.2 Å². The zero-order chi connectivity index (χ0) is 16.8. The molecule has 1 rings (SSSR count). The van der Waals surface area contributed by atoms with Crippen molar-refractivity contribution < 1.29 is 17.8 Å². The van der Waals surface area contributed by atoms with Gasteiger partial charge in [0, 0.05) is 4.90 Å². The number of hydrogen-bond donors (Lipinski definition) is 0. The number of allylic oxidation sites excluding steroid dienone is 1. The summed E-state index contributed by atoms with van der Waals surface area (Å²) in [5.41, 5.74) is 1.08. The van der Waals surface area contributed by atoms with E-state index >= 15 is 0 Å². The van der Waals surface area contributed by atoms with Crippen LogP contribution in [0.25, 0.3) is 0 Å². The van der Waals surface area contributed by atoms with Gasteiger partial charge in [-0.15, -0.1) is 0 Å². The van der Waals surface area contributed by atoms with E-state index in [9.17, 15) is 8.77 Å². The van der Waals surface area contributed by atoms with Crippen LogP contribution in [0.5, 0.6) is 0 Å². The molecule has 0 bridgehead atoms. The van der Waals surface area contributed by atoms with Crippen LogP contribution < -0.4 is 0 Å². The zero-order valence-corrected chi connectivity index (χ0v) is 15.6. The van der Waals surface area contributed by atoms with Crippen LogP contribution in [0.4, 0.5) is 0 Å².